The molecule has 128 valence electrons. The Morgan fingerprint density at radius 1 is 1.17 bits per heavy atom. The number of thioether (sulfide) groups is 1. The van der Waals surface area contributed by atoms with Crippen LogP contribution in [0.3, 0.4) is 0 Å². The van der Waals surface area contributed by atoms with Crippen molar-refractivity contribution in [1.82, 2.24) is 9.80 Å². The molecule has 1 fully saturated rings. The summed E-state index contributed by atoms with van der Waals surface area (Å²) in [4.78, 5) is 21.5. The number of piperazine rings is 1. The number of carbonyl (C=O) groups excluding carboxylic acids is 1. The number of aliphatic imine (C=N–C) groups is 1. The van der Waals surface area contributed by atoms with Crippen LogP contribution in [0.5, 0.6) is 11.5 Å². The maximum Gasteiger partial charge on any atom is 0.286 e. The summed E-state index contributed by atoms with van der Waals surface area (Å²) in [6.45, 7) is 3.75. The lowest BCUT2D eigenvalue weighted by atomic mass is 10.1. The highest BCUT2D eigenvalue weighted by Gasteiger charge is 2.28. The third-order valence-electron chi connectivity index (χ3n) is 4.10. The molecular weight excluding hydrogens is 326 g/mol. The first-order chi connectivity index (χ1) is 11.6. The van der Waals surface area contributed by atoms with Gasteiger partial charge in [-0.15, -0.1) is 0 Å². The van der Waals surface area contributed by atoms with Gasteiger partial charge in [-0.1, -0.05) is 12.1 Å². The van der Waals surface area contributed by atoms with E-state index in [4.69, 9.17) is 9.47 Å². The predicted octanol–water partition coefficient (Wildman–Crippen LogP) is 1.92. The van der Waals surface area contributed by atoms with E-state index in [-0.39, 0.29) is 5.91 Å². The van der Waals surface area contributed by atoms with Gasteiger partial charge < -0.3 is 19.3 Å². The van der Waals surface area contributed by atoms with Crippen molar-refractivity contribution in [2.45, 2.75) is 0 Å². The highest BCUT2D eigenvalue weighted by molar-refractivity contribution is 8.18. The molecule has 0 aliphatic carbocycles. The number of methoxy groups -OCH3 is 2. The van der Waals surface area contributed by atoms with Crippen molar-refractivity contribution in [3.05, 3.63) is 28.7 Å². The minimum atomic E-state index is -0.196. The van der Waals surface area contributed by atoms with E-state index in [9.17, 15) is 4.79 Å². The Kier molecular flexibility index (Phi) is 5.11. The van der Waals surface area contributed by atoms with Crippen LogP contribution in [0.4, 0.5) is 0 Å². The predicted molar refractivity (Wildman–Crippen MR) is 96.6 cm³/mol. The van der Waals surface area contributed by atoms with Gasteiger partial charge in [0.05, 0.1) is 19.1 Å². The summed E-state index contributed by atoms with van der Waals surface area (Å²) in [5, 5.41) is 0.793. The molecular formula is C17H21N3O3S. The quantitative estimate of drug-likeness (QED) is 0.779. The maximum absolute atomic E-state index is 12.3. The van der Waals surface area contributed by atoms with E-state index in [2.05, 4.69) is 21.8 Å². The summed E-state index contributed by atoms with van der Waals surface area (Å²) < 4.78 is 10.7. The van der Waals surface area contributed by atoms with Crippen LogP contribution in [0.25, 0.3) is 6.08 Å². The van der Waals surface area contributed by atoms with Gasteiger partial charge in [-0.05, 0) is 31.0 Å². The number of amides is 1. The zero-order valence-corrected chi connectivity index (χ0v) is 14.9. The van der Waals surface area contributed by atoms with Gasteiger partial charge in [-0.2, -0.15) is 4.99 Å². The number of para-hydroxylation sites is 1. The van der Waals surface area contributed by atoms with E-state index in [0.717, 1.165) is 36.9 Å². The largest absolute Gasteiger partial charge is 0.493 e. The number of hydrogen-bond acceptors (Lipinski definition) is 6. The van der Waals surface area contributed by atoms with Crippen molar-refractivity contribution in [1.29, 1.82) is 0 Å². The van der Waals surface area contributed by atoms with Crippen LogP contribution in [0.2, 0.25) is 0 Å². The second-order valence-electron chi connectivity index (χ2n) is 5.68. The number of amidine groups is 1. The molecule has 0 spiro atoms. The number of likely N-dealkylation sites (N-methyl/N-ethyl adjacent to an activating group) is 1. The lowest BCUT2D eigenvalue weighted by Gasteiger charge is -2.32. The minimum absolute atomic E-state index is 0.196. The van der Waals surface area contributed by atoms with Crippen molar-refractivity contribution in [3.63, 3.8) is 0 Å². The molecule has 1 saturated heterocycles. The van der Waals surface area contributed by atoms with Crippen molar-refractivity contribution < 1.29 is 14.3 Å². The van der Waals surface area contributed by atoms with E-state index < -0.39 is 0 Å². The molecule has 0 N–H and O–H groups in total. The summed E-state index contributed by atoms with van der Waals surface area (Å²) in [6, 6.07) is 5.60. The second-order valence-corrected chi connectivity index (χ2v) is 6.69. The summed E-state index contributed by atoms with van der Waals surface area (Å²) in [5.74, 6) is 1.07. The van der Waals surface area contributed by atoms with Crippen molar-refractivity contribution in [2.75, 3.05) is 47.4 Å². The highest BCUT2D eigenvalue weighted by Crippen LogP contribution is 2.36. The summed E-state index contributed by atoms with van der Waals surface area (Å²) >= 11 is 1.43. The molecule has 0 saturated carbocycles. The maximum atomic E-state index is 12.3. The summed E-state index contributed by atoms with van der Waals surface area (Å²) in [6.07, 6.45) is 1.82. The Bertz CT molecular complexity index is 694. The molecule has 7 heteroatoms. The third-order valence-corrected chi connectivity index (χ3v) is 5.15. The standard InChI is InChI=1S/C17H21N3O3S/c1-19-7-9-20(10-8-19)17-18-16(21)14(24-17)11-12-5-4-6-13(22-2)15(12)23-3/h4-6,11H,7-10H2,1-3H3/b14-11+. The average Bonchev–Trinajstić information content (AvgIpc) is 2.96. The molecule has 1 aromatic carbocycles. The van der Waals surface area contributed by atoms with Gasteiger partial charge in [0.2, 0.25) is 0 Å². The zero-order valence-electron chi connectivity index (χ0n) is 14.1. The first kappa shape index (κ1) is 16.9. The van der Waals surface area contributed by atoms with Crippen molar-refractivity contribution in [2.24, 2.45) is 4.99 Å². The van der Waals surface area contributed by atoms with Crippen LogP contribution in [0.1, 0.15) is 5.56 Å². The topological polar surface area (TPSA) is 54.4 Å². The van der Waals surface area contributed by atoms with Crippen LogP contribution in [0, 0.1) is 0 Å². The normalized spacial score (nSPS) is 20.5. The van der Waals surface area contributed by atoms with Crippen molar-refractivity contribution in [3.8, 4) is 11.5 Å². The number of benzene rings is 1. The second kappa shape index (κ2) is 7.27. The average molecular weight is 347 g/mol. The molecule has 0 bridgehead atoms. The van der Waals surface area contributed by atoms with Crippen LogP contribution >= 0.6 is 11.8 Å². The lowest BCUT2D eigenvalue weighted by Crippen LogP contribution is -2.46. The molecule has 24 heavy (non-hydrogen) atoms. The van der Waals surface area contributed by atoms with Crippen LogP contribution in [-0.2, 0) is 4.79 Å². The summed E-state index contributed by atoms with van der Waals surface area (Å²) in [7, 11) is 5.29. The zero-order chi connectivity index (χ0) is 17.1. The fourth-order valence-corrected chi connectivity index (χ4v) is 3.65. The van der Waals surface area contributed by atoms with E-state index in [1.165, 1.54) is 11.8 Å². The fourth-order valence-electron chi connectivity index (χ4n) is 2.70. The number of carbonyl (C=O) groups is 1. The van der Waals surface area contributed by atoms with Gasteiger partial charge in [0.25, 0.3) is 5.91 Å². The molecule has 0 atom stereocenters. The first-order valence-electron chi connectivity index (χ1n) is 7.79. The first-order valence-corrected chi connectivity index (χ1v) is 8.61. The van der Waals surface area contributed by atoms with Crippen molar-refractivity contribution >= 4 is 28.9 Å². The Hall–Kier alpha value is -1.99. The van der Waals surface area contributed by atoms with Gasteiger partial charge in [0.15, 0.2) is 16.7 Å². The minimum Gasteiger partial charge on any atom is -0.493 e. The van der Waals surface area contributed by atoms with E-state index in [1.54, 1.807) is 14.2 Å². The number of hydrogen-bond donors (Lipinski definition) is 0. The monoisotopic (exact) mass is 347 g/mol. The van der Waals surface area contributed by atoms with Crippen LogP contribution in [-0.4, -0.2) is 68.3 Å². The Morgan fingerprint density at radius 2 is 1.92 bits per heavy atom. The molecule has 2 heterocycles. The molecule has 0 radical (unpaired) electrons. The SMILES string of the molecule is COc1cccc(/C=C2/SC(N3CCN(C)CC3)=NC2=O)c1OC. The number of nitrogens with zero attached hydrogens (tertiary/aromatic N) is 3. The molecule has 0 aromatic heterocycles. The fraction of sp³-hybridized carbons (Fsp3) is 0.412. The Morgan fingerprint density at radius 3 is 2.58 bits per heavy atom. The van der Waals surface area contributed by atoms with Gasteiger partial charge >= 0.3 is 0 Å². The number of ether oxygens (including phenoxy) is 2. The Labute approximate surface area is 146 Å². The molecule has 3 rings (SSSR count). The van der Waals surface area contributed by atoms with Gasteiger partial charge in [-0.3, -0.25) is 4.79 Å². The van der Waals surface area contributed by atoms with Crippen LogP contribution < -0.4 is 9.47 Å². The van der Waals surface area contributed by atoms with E-state index >= 15 is 0 Å². The van der Waals surface area contributed by atoms with Crippen LogP contribution in [0.15, 0.2) is 28.1 Å². The Balaban J connectivity index is 1.80. The van der Waals surface area contributed by atoms with Gasteiger partial charge in [-0.25, -0.2) is 0 Å². The lowest BCUT2D eigenvalue weighted by molar-refractivity contribution is -0.113. The highest BCUT2D eigenvalue weighted by atomic mass is 32.2. The van der Waals surface area contributed by atoms with Gasteiger partial charge in [0.1, 0.15) is 0 Å². The molecule has 2 aliphatic rings. The molecule has 1 aromatic rings. The smallest absolute Gasteiger partial charge is 0.286 e. The molecule has 0 unspecified atom stereocenters. The molecule has 6 nitrogen and oxygen atoms in total. The van der Waals surface area contributed by atoms with E-state index in [0.29, 0.717) is 16.4 Å². The third kappa shape index (κ3) is 3.42. The summed E-state index contributed by atoms with van der Waals surface area (Å²) in [5.41, 5.74) is 0.808. The van der Waals surface area contributed by atoms with E-state index in [1.807, 2.05) is 24.3 Å². The number of rotatable bonds is 3. The van der Waals surface area contributed by atoms with Gasteiger partial charge in [0, 0.05) is 31.7 Å². The molecule has 1 amide bonds. The molecule has 2 aliphatic heterocycles.